The van der Waals surface area contributed by atoms with E-state index in [1.807, 2.05) is 78.5 Å². The van der Waals surface area contributed by atoms with E-state index in [1.165, 1.54) is 11.3 Å². The lowest BCUT2D eigenvalue weighted by Crippen LogP contribution is -2.26. The van der Waals surface area contributed by atoms with Gasteiger partial charge in [-0.15, -0.1) is 11.3 Å². The average Bonchev–Trinajstić information content (AvgIpc) is 3.44. The standard InChI is InChI=1S/C25H23N3O3S/c1-17-7-6-10-20(15-17)23(29)27-25-28(13-14-32-25)16-21-11-12-22(31-21)24(30)26-18(2)19-8-4-3-5-9-19/h3-15,18H,16H2,1-2H3,(H,26,30). The number of aromatic nitrogens is 1. The topological polar surface area (TPSA) is 76.6 Å². The molecule has 1 atom stereocenters. The predicted octanol–water partition coefficient (Wildman–Crippen LogP) is 4.73. The van der Waals surface area contributed by atoms with Crippen LogP contribution in [0.25, 0.3) is 0 Å². The normalized spacial score (nSPS) is 12.5. The van der Waals surface area contributed by atoms with Gasteiger partial charge in [-0.2, -0.15) is 4.99 Å². The Labute approximate surface area is 189 Å². The number of thiazole rings is 1. The van der Waals surface area contributed by atoms with Gasteiger partial charge < -0.3 is 14.3 Å². The largest absolute Gasteiger partial charge is 0.454 e. The van der Waals surface area contributed by atoms with Gasteiger partial charge in [0.25, 0.3) is 11.8 Å². The van der Waals surface area contributed by atoms with E-state index < -0.39 is 0 Å². The summed E-state index contributed by atoms with van der Waals surface area (Å²) in [5.74, 6) is 0.278. The second-order valence-corrected chi connectivity index (χ2v) is 8.34. The molecule has 7 heteroatoms. The summed E-state index contributed by atoms with van der Waals surface area (Å²) in [6.45, 7) is 4.23. The second kappa shape index (κ2) is 9.62. The SMILES string of the molecule is Cc1cccc(C(=O)N=c2sccn2Cc2ccc(C(=O)NC(C)c3ccccc3)o2)c1. The molecule has 2 amide bonds. The maximum atomic E-state index is 12.6. The van der Waals surface area contributed by atoms with Gasteiger partial charge >= 0.3 is 0 Å². The lowest BCUT2D eigenvalue weighted by atomic mass is 10.1. The summed E-state index contributed by atoms with van der Waals surface area (Å²) in [5.41, 5.74) is 2.58. The van der Waals surface area contributed by atoms with Crippen LogP contribution in [0.1, 0.15) is 50.8 Å². The van der Waals surface area contributed by atoms with Crippen LogP contribution in [0.4, 0.5) is 0 Å². The molecule has 162 valence electrons. The first-order valence-corrected chi connectivity index (χ1v) is 11.1. The van der Waals surface area contributed by atoms with Crippen molar-refractivity contribution in [3.05, 3.63) is 111 Å². The average molecular weight is 446 g/mol. The predicted molar refractivity (Wildman–Crippen MR) is 124 cm³/mol. The van der Waals surface area contributed by atoms with Crippen molar-refractivity contribution in [1.82, 2.24) is 9.88 Å². The molecule has 4 rings (SSSR count). The fourth-order valence-corrected chi connectivity index (χ4v) is 4.01. The molecule has 0 aliphatic rings. The Balaban J connectivity index is 1.46. The number of carbonyl (C=O) groups is 2. The van der Waals surface area contributed by atoms with E-state index in [0.29, 0.717) is 22.7 Å². The first kappa shape index (κ1) is 21.5. The summed E-state index contributed by atoms with van der Waals surface area (Å²) in [4.78, 5) is 29.9. The van der Waals surface area contributed by atoms with E-state index in [-0.39, 0.29) is 23.6 Å². The van der Waals surface area contributed by atoms with E-state index >= 15 is 0 Å². The van der Waals surface area contributed by atoms with Crippen LogP contribution >= 0.6 is 11.3 Å². The zero-order chi connectivity index (χ0) is 22.5. The van der Waals surface area contributed by atoms with Gasteiger partial charge in [-0.1, -0.05) is 48.0 Å². The highest BCUT2D eigenvalue weighted by molar-refractivity contribution is 7.07. The van der Waals surface area contributed by atoms with Crippen LogP contribution in [-0.2, 0) is 6.54 Å². The maximum absolute atomic E-state index is 12.6. The first-order chi connectivity index (χ1) is 15.5. The van der Waals surface area contributed by atoms with Crippen LogP contribution in [-0.4, -0.2) is 16.4 Å². The van der Waals surface area contributed by atoms with Crippen LogP contribution in [0.15, 0.2) is 87.7 Å². The number of hydrogen-bond acceptors (Lipinski definition) is 4. The summed E-state index contributed by atoms with van der Waals surface area (Å²) in [6, 6.07) is 20.4. The molecule has 0 saturated carbocycles. The van der Waals surface area contributed by atoms with E-state index in [9.17, 15) is 9.59 Å². The molecule has 1 unspecified atom stereocenters. The number of benzene rings is 2. The summed E-state index contributed by atoms with van der Waals surface area (Å²) in [6.07, 6.45) is 1.84. The minimum absolute atomic E-state index is 0.137. The van der Waals surface area contributed by atoms with Gasteiger partial charge in [0.05, 0.1) is 12.6 Å². The van der Waals surface area contributed by atoms with Crippen LogP contribution in [0.2, 0.25) is 0 Å². The minimum Gasteiger partial charge on any atom is -0.454 e. The summed E-state index contributed by atoms with van der Waals surface area (Å²) in [5, 5.41) is 4.81. The van der Waals surface area contributed by atoms with Crippen LogP contribution < -0.4 is 10.1 Å². The lowest BCUT2D eigenvalue weighted by Gasteiger charge is -2.13. The second-order valence-electron chi connectivity index (χ2n) is 7.47. The molecule has 2 aromatic carbocycles. The third-order valence-electron chi connectivity index (χ3n) is 4.98. The van der Waals surface area contributed by atoms with Gasteiger partial charge in [-0.25, -0.2) is 0 Å². The monoisotopic (exact) mass is 445 g/mol. The van der Waals surface area contributed by atoms with Crippen molar-refractivity contribution >= 4 is 23.2 Å². The van der Waals surface area contributed by atoms with Gasteiger partial charge in [0.2, 0.25) is 0 Å². The molecule has 6 nitrogen and oxygen atoms in total. The Morgan fingerprint density at radius 2 is 1.91 bits per heavy atom. The maximum Gasteiger partial charge on any atom is 0.287 e. The van der Waals surface area contributed by atoms with Crippen LogP contribution in [0, 0.1) is 6.92 Å². The zero-order valence-electron chi connectivity index (χ0n) is 17.8. The number of amides is 2. The van der Waals surface area contributed by atoms with Crippen molar-refractivity contribution in [2.24, 2.45) is 4.99 Å². The van der Waals surface area contributed by atoms with Gasteiger partial charge in [0, 0.05) is 17.1 Å². The molecule has 4 aromatic rings. The lowest BCUT2D eigenvalue weighted by molar-refractivity contribution is 0.0909. The molecular weight excluding hydrogens is 422 g/mol. The highest BCUT2D eigenvalue weighted by Crippen LogP contribution is 2.14. The number of hydrogen-bond donors (Lipinski definition) is 1. The van der Waals surface area contributed by atoms with E-state index in [0.717, 1.165) is 11.1 Å². The Morgan fingerprint density at radius 1 is 1.09 bits per heavy atom. The van der Waals surface area contributed by atoms with Crippen molar-refractivity contribution in [2.45, 2.75) is 26.4 Å². The number of aryl methyl sites for hydroxylation is 1. The van der Waals surface area contributed by atoms with Crippen molar-refractivity contribution in [3.63, 3.8) is 0 Å². The van der Waals surface area contributed by atoms with Gasteiger partial charge in [-0.05, 0) is 43.7 Å². The molecule has 0 aliphatic carbocycles. The van der Waals surface area contributed by atoms with Gasteiger partial charge in [-0.3, -0.25) is 9.59 Å². The molecule has 2 heterocycles. The molecule has 1 N–H and O–H groups in total. The first-order valence-electron chi connectivity index (χ1n) is 10.2. The Morgan fingerprint density at radius 3 is 2.69 bits per heavy atom. The van der Waals surface area contributed by atoms with Crippen molar-refractivity contribution < 1.29 is 14.0 Å². The van der Waals surface area contributed by atoms with Crippen molar-refractivity contribution in [3.8, 4) is 0 Å². The van der Waals surface area contributed by atoms with Gasteiger partial charge in [0.1, 0.15) is 5.76 Å². The summed E-state index contributed by atoms with van der Waals surface area (Å²) in [7, 11) is 0. The summed E-state index contributed by atoms with van der Waals surface area (Å²) >= 11 is 1.37. The Bertz CT molecular complexity index is 1300. The molecule has 0 spiro atoms. The van der Waals surface area contributed by atoms with Crippen LogP contribution in [0.5, 0.6) is 0 Å². The fraction of sp³-hybridized carbons (Fsp3) is 0.160. The highest BCUT2D eigenvalue weighted by atomic mass is 32.1. The Hall–Kier alpha value is -3.71. The van der Waals surface area contributed by atoms with Crippen molar-refractivity contribution in [1.29, 1.82) is 0 Å². The summed E-state index contributed by atoms with van der Waals surface area (Å²) < 4.78 is 7.59. The molecule has 2 aromatic heterocycles. The number of rotatable bonds is 6. The molecule has 0 saturated heterocycles. The number of nitrogens with zero attached hydrogens (tertiary/aromatic N) is 2. The quantitative estimate of drug-likeness (QED) is 0.466. The highest BCUT2D eigenvalue weighted by Gasteiger charge is 2.15. The minimum atomic E-state index is -0.292. The molecule has 32 heavy (non-hydrogen) atoms. The number of furan rings is 1. The van der Waals surface area contributed by atoms with E-state index in [1.54, 1.807) is 18.2 Å². The third-order valence-corrected chi connectivity index (χ3v) is 5.78. The van der Waals surface area contributed by atoms with E-state index in [2.05, 4.69) is 10.3 Å². The number of nitrogens with one attached hydrogen (secondary N) is 1. The van der Waals surface area contributed by atoms with E-state index in [4.69, 9.17) is 4.42 Å². The number of carbonyl (C=O) groups excluding carboxylic acids is 2. The van der Waals surface area contributed by atoms with Crippen LogP contribution in [0.3, 0.4) is 0 Å². The molecule has 0 radical (unpaired) electrons. The Kier molecular flexibility index (Phi) is 6.47. The zero-order valence-corrected chi connectivity index (χ0v) is 18.6. The van der Waals surface area contributed by atoms with Gasteiger partial charge in [0.15, 0.2) is 10.6 Å². The fourth-order valence-electron chi connectivity index (χ4n) is 3.28. The third kappa shape index (κ3) is 5.12. The molecule has 0 aliphatic heterocycles. The molecule has 0 bridgehead atoms. The molecule has 0 fully saturated rings. The molecular formula is C25H23N3O3S. The smallest absolute Gasteiger partial charge is 0.287 e. The van der Waals surface area contributed by atoms with Crippen molar-refractivity contribution in [2.75, 3.05) is 0 Å².